The number of nitrogens with zero attached hydrogens (tertiary/aromatic N) is 3. The molecule has 0 bridgehead atoms. The van der Waals surface area contributed by atoms with Crippen LogP contribution in [0.2, 0.25) is 0 Å². The Morgan fingerprint density at radius 3 is 2.68 bits per heavy atom. The third kappa shape index (κ3) is 4.53. The van der Waals surface area contributed by atoms with Crippen LogP contribution in [0.15, 0.2) is 12.3 Å². The van der Waals surface area contributed by atoms with E-state index >= 15 is 0 Å². The molecule has 19 heavy (non-hydrogen) atoms. The zero-order valence-corrected chi connectivity index (χ0v) is 11.3. The summed E-state index contributed by atoms with van der Waals surface area (Å²) in [6.45, 7) is 0.618. The second-order valence-corrected chi connectivity index (χ2v) is 3.83. The van der Waals surface area contributed by atoms with Crippen molar-refractivity contribution in [2.75, 3.05) is 32.7 Å². The molecule has 0 aliphatic rings. The molecule has 0 unspecified atom stereocenters. The summed E-state index contributed by atoms with van der Waals surface area (Å²) in [5.41, 5.74) is 0. The van der Waals surface area contributed by atoms with Gasteiger partial charge >= 0.3 is 11.9 Å². The molecule has 0 aliphatic heterocycles. The molecule has 0 radical (unpaired) electrons. The smallest absolute Gasteiger partial charge is 0.376 e. The Morgan fingerprint density at radius 1 is 1.32 bits per heavy atom. The van der Waals surface area contributed by atoms with Gasteiger partial charge in [-0.3, -0.25) is 4.79 Å². The quantitative estimate of drug-likeness (QED) is 0.700. The van der Waals surface area contributed by atoms with E-state index in [-0.39, 0.29) is 11.8 Å². The molecule has 0 amide bonds. The summed E-state index contributed by atoms with van der Waals surface area (Å²) >= 11 is 0. The largest absolute Gasteiger partial charge is 0.469 e. The van der Waals surface area contributed by atoms with Gasteiger partial charge in [0.15, 0.2) is 0 Å². The van der Waals surface area contributed by atoms with Gasteiger partial charge in [-0.05, 0) is 12.5 Å². The molecule has 0 saturated heterocycles. The third-order valence-electron chi connectivity index (χ3n) is 2.50. The van der Waals surface area contributed by atoms with Gasteiger partial charge in [-0.15, -0.1) is 0 Å². The lowest BCUT2D eigenvalue weighted by atomic mass is 10.3. The number of aromatic nitrogens is 2. The Kier molecular flexibility index (Phi) is 5.72. The minimum atomic E-state index is -0.579. The van der Waals surface area contributed by atoms with Crippen LogP contribution in [-0.4, -0.2) is 49.7 Å². The lowest BCUT2D eigenvalue weighted by Gasteiger charge is -2.17. The number of esters is 2. The Labute approximate surface area is 111 Å². The summed E-state index contributed by atoms with van der Waals surface area (Å²) < 4.78 is 9.11. The van der Waals surface area contributed by atoms with E-state index < -0.39 is 5.97 Å². The summed E-state index contributed by atoms with van der Waals surface area (Å²) in [4.78, 5) is 32.0. The number of carbonyl (C=O) groups is 2. The van der Waals surface area contributed by atoms with Gasteiger partial charge in [-0.2, -0.15) is 0 Å². The number of carbonyl (C=O) groups excluding carboxylic acids is 2. The van der Waals surface area contributed by atoms with E-state index in [0.29, 0.717) is 25.2 Å². The highest BCUT2D eigenvalue weighted by atomic mass is 16.5. The predicted molar refractivity (Wildman–Crippen MR) is 67.9 cm³/mol. The molecule has 1 aromatic rings. The first-order valence-electron chi connectivity index (χ1n) is 5.77. The average Bonchev–Trinajstić information content (AvgIpc) is 2.46. The maximum atomic E-state index is 11.3. The number of ether oxygens (including phenoxy) is 2. The van der Waals surface area contributed by atoms with Gasteiger partial charge in [0.2, 0.25) is 5.82 Å². The van der Waals surface area contributed by atoms with E-state index in [1.54, 1.807) is 6.07 Å². The van der Waals surface area contributed by atoms with Gasteiger partial charge in [-0.25, -0.2) is 14.8 Å². The molecular formula is C12H17N3O4. The lowest BCUT2D eigenvalue weighted by Crippen LogP contribution is -2.22. The number of anilines is 1. The van der Waals surface area contributed by atoms with Crippen molar-refractivity contribution in [3.05, 3.63) is 18.1 Å². The summed E-state index contributed by atoms with van der Waals surface area (Å²) in [6.07, 6.45) is 2.47. The van der Waals surface area contributed by atoms with E-state index in [4.69, 9.17) is 0 Å². The van der Waals surface area contributed by atoms with Gasteiger partial charge in [-0.1, -0.05) is 0 Å². The number of rotatable bonds is 6. The minimum absolute atomic E-state index is 0.0137. The van der Waals surface area contributed by atoms with Crippen LogP contribution in [0.4, 0.5) is 5.82 Å². The second kappa shape index (κ2) is 7.30. The zero-order valence-electron chi connectivity index (χ0n) is 11.3. The third-order valence-corrected chi connectivity index (χ3v) is 2.50. The summed E-state index contributed by atoms with van der Waals surface area (Å²) in [6, 6.07) is 1.69. The molecule has 7 nitrogen and oxygen atoms in total. The molecule has 0 saturated carbocycles. The van der Waals surface area contributed by atoms with Crippen LogP contribution in [0, 0.1) is 0 Å². The van der Waals surface area contributed by atoms with Crippen molar-refractivity contribution < 1.29 is 19.1 Å². The molecular weight excluding hydrogens is 250 g/mol. The Hall–Kier alpha value is -2.18. The van der Waals surface area contributed by atoms with Crippen LogP contribution in [0.1, 0.15) is 23.5 Å². The van der Waals surface area contributed by atoms with Crippen LogP contribution < -0.4 is 4.90 Å². The number of hydrogen-bond acceptors (Lipinski definition) is 7. The maximum Gasteiger partial charge on any atom is 0.376 e. The van der Waals surface area contributed by atoms with E-state index in [2.05, 4.69) is 19.4 Å². The van der Waals surface area contributed by atoms with Gasteiger partial charge in [0.05, 0.1) is 14.2 Å². The van der Waals surface area contributed by atoms with Gasteiger partial charge in [0.1, 0.15) is 5.82 Å². The second-order valence-electron chi connectivity index (χ2n) is 3.83. The van der Waals surface area contributed by atoms with Crippen molar-refractivity contribution in [3.8, 4) is 0 Å². The molecule has 0 N–H and O–H groups in total. The molecule has 0 aromatic carbocycles. The molecule has 104 valence electrons. The van der Waals surface area contributed by atoms with Crippen LogP contribution in [0.5, 0.6) is 0 Å². The SMILES string of the molecule is COC(=O)CCCN(C)c1ccnc(C(=O)OC)n1. The highest BCUT2D eigenvalue weighted by molar-refractivity contribution is 5.85. The Balaban J connectivity index is 2.59. The van der Waals surface area contributed by atoms with Crippen LogP contribution in [0.3, 0.4) is 0 Å². The van der Waals surface area contributed by atoms with E-state index in [0.717, 1.165) is 0 Å². The van der Waals surface area contributed by atoms with Crippen LogP contribution in [-0.2, 0) is 14.3 Å². The molecule has 1 aromatic heterocycles. The molecule has 0 atom stereocenters. The van der Waals surface area contributed by atoms with Crippen molar-refractivity contribution in [1.82, 2.24) is 9.97 Å². The van der Waals surface area contributed by atoms with Crippen molar-refractivity contribution in [2.45, 2.75) is 12.8 Å². The fraction of sp³-hybridized carbons (Fsp3) is 0.500. The summed E-state index contributed by atoms with van der Waals surface area (Å²) in [5.74, 6) is -0.212. The van der Waals surface area contributed by atoms with Gasteiger partial charge in [0, 0.05) is 26.2 Å². The first-order chi connectivity index (χ1) is 9.08. The van der Waals surface area contributed by atoms with Crippen molar-refractivity contribution in [2.24, 2.45) is 0 Å². The van der Waals surface area contributed by atoms with E-state index in [1.165, 1.54) is 20.4 Å². The molecule has 7 heteroatoms. The lowest BCUT2D eigenvalue weighted by molar-refractivity contribution is -0.140. The summed E-state index contributed by atoms with van der Waals surface area (Å²) in [5, 5.41) is 0. The molecule has 1 heterocycles. The van der Waals surface area contributed by atoms with E-state index in [1.807, 2.05) is 11.9 Å². The van der Waals surface area contributed by atoms with Crippen LogP contribution >= 0.6 is 0 Å². The number of methoxy groups -OCH3 is 2. The highest BCUT2D eigenvalue weighted by Crippen LogP contribution is 2.09. The zero-order chi connectivity index (χ0) is 14.3. The van der Waals surface area contributed by atoms with Crippen LogP contribution in [0.25, 0.3) is 0 Å². The minimum Gasteiger partial charge on any atom is -0.469 e. The van der Waals surface area contributed by atoms with E-state index in [9.17, 15) is 9.59 Å². The average molecular weight is 267 g/mol. The standard InChI is InChI=1S/C12H17N3O4/c1-15(8-4-5-10(16)18-2)9-6-7-13-11(14-9)12(17)19-3/h6-7H,4-5,8H2,1-3H3. The fourth-order valence-corrected chi connectivity index (χ4v) is 1.43. The molecule has 1 rings (SSSR count). The maximum absolute atomic E-state index is 11.3. The monoisotopic (exact) mass is 267 g/mol. The number of hydrogen-bond donors (Lipinski definition) is 0. The van der Waals surface area contributed by atoms with Gasteiger partial charge < -0.3 is 14.4 Å². The summed E-state index contributed by atoms with van der Waals surface area (Å²) in [7, 11) is 4.46. The predicted octanol–water partition coefficient (Wildman–Crippen LogP) is 0.653. The molecule has 0 spiro atoms. The first kappa shape index (κ1) is 14.9. The first-order valence-corrected chi connectivity index (χ1v) is 5.77. The molecule has 0 aliphatic carbocycles. The van der Waals surface area contributed by atoms with Gasteiger partial charge in [0.25, 0.3) is 0 Å². The van der Waals surface area contributed by atoms with Crippen molar-refractivity contribution in [3.63, 3.8) is 0 Å². The molecule has 0 fully saturated rings. The van der Waals surface area contributed by atoms with Crippen molar-refractivity contribution >= 4 is 17.8 Å². The topological polar surface area (TPSA) is 81.6 Å². The fourth-order valence-electron chi connectivity index (χ4n) is 1.43. The Bertz CT molecular complexity index is 450. The highest BCUT2D eigenvalue weighted by Gasteiger charge is 2.11. The Morgan fingerprint density at radius 2 is 2.05 bits per heavy atom. The van der Waals surface area contributed by atoms with Crippen molar-refractivity contribution in [1.29, 1.82) is 0 Å². The normalized spacial score (nSPS) is 9.84.